The second-order valence-electron chi connectivity index (χ2n) is 8.37. The molecule has 1 aromatic heterocycles. The van der Waals surface area contributed by atoms with E-state index in [4.69, 9.17) is 9.26 Å². The topological polar surface area (TPSA) is 67.6 Å². The van der Waals surface area contributed by atoms with Crippen molar-refractivity contribution in [2.24, 2.45) is 0 Å². The van der Waals surface area contributed by atoms with Crippen molar-refractivity contribution in [2.75, 3.05) is 7.05 Å². The summed E-state index contributed by atoms with van der Waals surface area (Å²) in [7, 11) is 2.20. The maximum atomic E-state index is 12.9. The first-order valence-electron chi connectivity index (χ1n) is 10.1. The molecule has 3 heterocycles. The molecule has 150 valence electrons. The van der Waals surface area contributed by atoms with Crippen LogP contribution in [0.5, 0.6) is 5.75 Å². The Morgan fingerprint density at radius 3 is 2.46 bits per heavy atom. The molecule has 2 unspecified atom stereocenters. The van der Waals surface area contributed by atoms with E-state index < -0.39 is 0 Å². The zero-order chi connectivity index (χ0) is 19.8. The number of piperidine rings is 1. The number of nitrogens with zero attached hydrogens (tertiary/aromatic N) is 2. The van der Waals surface area contributed by atoms with Crippen molar-refractivity contribution in [1.29, 1.82) is 0 Å². The second kappa shape index (κ2) is 7.59. The van der Waals surface area contributed by atoms with Crippen LogP contribution in [-0.2, 0) is 6.61 Å². The van der Waals surface area contributed by atoms with Gasteiger partial charge >= 0.3 is 0 Å². The normalized spacial score (nSPS) is 24.4. The van der Waals surface area contributed by atoms with Gasteiger partial charge in [0.05, 0.1) is 5.56 Å². The molecule has 1 amide bonds. The third-order valence-corrected chi connectivity index (χ3v) is 6.21. The van der Waals surface area contributed by atoms with Gasteiger partial charge in [-0.15, -0.1) is 0 Å². The average Bonchev–Trinajstić information content (AvgIpc) is 3.07. The lowest BCUT2D eigenvalue weighted by atomic mass is 9.98. The predicted octanol–water partition coefficient (Wildman–Crippen LogP) is 3.53. The number of carbonyl (C=O) groups is 1. The van der Waals surface area contributed by atoms with Gasteiger partial charge in [-0.05, 0) is 76.8 Å². The molecule has 2 fully saturated rings. The minimum atomic E-state index is -0.162. The molecule has 1 aromatic carbocycles. The van der Waals surface area contributed by atoms with Crippen molar-refractivity contribution in [1.82, 2.24) is 15.4 Å². The van der Waals surface area contributed by atoms with Crippen molar-refractivity contribution in [3.8, 4) is 5.75 Å². The van der Waals surface area contributed by atoms with Gasteiger partial charge in [-0.1, -0.05) is 11.2 Å². The maximum absolute atomic E-state index is 12.9. The smallest absolute Gasteiger partial charge is 0.274 e. The number of hydrogen-bond acceptors (Lipinski definition) is 5. The quantitative estimate of drug-likeness (QED) is 0.855. The van der Waals surface area contributed by atoms with Crippen LogP contribution in [0.4, 0.5) is 0 Å². The van der Waals surface area contributed by atoms with Crippen molar-refractivity contribution in [3.63, 3.8) is 0 Å². The van der Waals surface area contributed by atoms with E-state index in [-0.39, 0.29) is 18.6 Å². The van der Waals surface area contributed by atoms with Gasteiger partial charge < -0.3 is 19.5 Å². The molecule has 4 rings (SSSR count). The van der Waals surface area contributed by atoms with Gasteiger partial charge in [0, 0.05) is 18.1 Å². The number of ether oxygens (including phenoxy) is 1. The summed E-state index contributed by atoms with van der Waals surface area (Å²) in [5, 5.41) is 7.20. The van der Waals surface area contributed by atoms with E-state index in [1.165, 1.54) is 12.8 Å². The lowest BCUT2D eigenvalue weighted by molar-refractivity contribution is 0.0871. The summed E-state index contributed by atoms with van der Waals surface area (Å²) >= 11 is 0. The summed E-state index contributed by atoms with van der Waals surface area (Å²) in [6, 6.07) is 7.44. The number of fused-ring (bicyclic) bond motifs is 2. The standard InChI is InChI=1S/C22H29N3O3/c1-13-7-14(2)9-19(8-13)27-12-20-15(3)28-24-21(20)22(26)23-16-10-17-5-6-18(11-16)25(17)4/h7-9,16-18H,5-6,10-12H2,1-4H3,(H,23,26). The van der Waals surface area contributed by atoms with Crippen LogP contribution in [0.25, 0.3) is 0 Å². The molecular weight excluding hydrogens is 354 g/mol. The van der Waals surface area contributed by atoms with E-state index in [1.807, 2.05) is 32.9 Å². The molecule has 6 heteroatoms. The lowest BCUT2D eigenvalue weighted by Gasteiger charge is -2.36. The van der Waals surface area contributed by atoms with Crippen molar-refractivity contribution in [2.45, 2.75) is 71.2 Å². The van der Waals surface area contributed by atoms with Crippen LogP contribution in [0.15, 0.2) is 22.7 Å². The molecule has 2 aromatic rings. The van der Waals surface area contributed by atoms with E-state index in [1.54, 1.807) is 0 Å². The van der Waals surface area contributed by atoms with Gasteiger partial charge in [-0.3, -0.25) is 4.79 Å². The molecule has 2 aliphatic rings. The highest BCUT2D eigenvalue weighted by atomic mass is 16.5. The number of aryl methyl sites for hydroxylation is 3. The summed E-state index contributed by atoms with van der Waals surface area (Å²) in [6.45, 7) is 6.16. The van der Waals surface area contributed by atoms with Crippen molar-refractivity contribution >= 4 is 5.91 Å². The fourth-order valence-corrected chi connectivity index (χ4v) is 4.69. The van der Waals surface area contributed by atoms with E-state index in [0.29, 0.717) is 29.1 Å². The zero-order valence-electron chi connectivity index (χ0n) is 17.1. The molecule has 2 bridgehead atoms. The van der Waals surface area contributed by atoms with E-state index >= 15 is 0 Å². The van der Waals surface area contributed by atoms with Gasteiger partial charge in [0.15, 0.2) is 5.69 Å². The lowest BCUT2D eigenvalue weighted by Crippen LogP contribution is -2.48. The maximum Gasteiger partial charge on any atom is 0.274 e. The van der Waals surface area contributed by atoms with E-state index in [2.05, 4.69) is 28.5 Å². The number of hydrogen-bond donors (Lipinski definition) is 1. The van der Waals surface area contributed by atoms with Crippen LogP contribution >= 0.6 is 0 Å². The first kappa shape index (κ1) is 19.0. The summed E-state index contributed by atoms with van der Waals surface area (Å²) in [6.07, 6.45) is 4.46. The van der Waals surface area contributed by atoms with Crippen molar-refractivity contribution < 1.29 is 14.1 Å². The van der Waals surface area contributed by atoms with Crippen LogP contribution < -0.4 is 10.1 Å². The Kier molecular flexibility index (Phi) is 5.15. The minimum absolute atomic E-state index is 0.162. The number of benzene rings is 1. The molecule has 28 heavy (non-hydrogen) atoms. The number of rotatable bonds is 5. The van der Waals surface area contributed by atoms with E-state index in [0.717, 1.165) is 29.7 Å². The van der Waals surface area contributed by atoms with Gasteiger partial charge in [-0.25, -0.2) is 0 Å². The minimum Gasteiger partial charge on any atom is -0.489 e. The highest BCUT2D eigenvalue weighted by Crippen LogP contribution is 2.34. The van der Waals surface area contributed by atoms with Gasteiger partial charge in [0.25, 0.3) is 5.91 Å². The molecule has 2 atom stereocenters. The van der Waals surface area contributed by atoms with E-state index in [9.17, 15) is 4.79 Å². The Bertz CT molecular complexity index is 842. The van der Waals surface area contributed by atoms with Crippen LogP contribution in [0.3, 0.4) is 0 Å². The summed E-state index contributed by atoms with van der Waals surface area (Å²) in [5.41, 5.74) is 3.35. The first-order chi connectivity index (χ1) is 13.4. The Morgan fingerprint density at radius 1 is 1.18 bits per heavy atom. The fourth-order valence-electron chi connectivity index (χ4n) is 4.69. The van der Waals surface area contributed by atoms with Gasteiger partial charge in [0.2, 0.25) is 0 Å². The molecular formula is C22H29N3O3. The molecule has 0 spiro atoms. The summed E-state index contributed by atoms with van der Waals surface area (Å²) in [5.74, 6) is 1.25. The third kappa shape index (κ3) is 3.78. The monoisotopic (exact) mass is 383 g/mol. The molecule has 0 saturated carbocycles. The molecule has 0 radical (unpaired) electrons. The average molecular weight is 383 g/mol. The molecule has 2 aliphatic heterocycles. The molecule has 6 nitrogen and oxygen atoms in total. The van der Waals surface area contributed by atoms with Gasteiger partial charge in [0.1, 0.15) is 18.1 Å². The summed E-state index contributed by atoms with van der Waals surface area (Å²) < 4.78 is 11.3. The zero-order valence-corrected chi connectivity index (χ0v) is 17.1. The number of amides is 1. The largest absolute Gasteiger partial charge is 0.489 e. The highest BCUT2D eigenvalue weighted by molar-refractivity contribution is 5.94. The van der Waals surface area contributed by atoms with Crippen molar-refractivity contribution in [3.05, 3.63) is 46.3 Å². The van der Waals surface area contributed by atoms with Crippen LogP contribution in [-0.4, -0.2) is 41.1 Å². The second-order valence-corrected chi connectivity index (χ2v) is 8.37. The third-order valence-electron chi connectivity index (χ3n) is 6.21. The molecule has 1 N–H and O–H groups in total. The highest BCUT2D eigenvalue weighted by Gasteiger charge is 2.39. The Hall–Kier alpha value is -2.34. The number of aromatic nitrogens is 1. The number of carbonyl (C=O) groups excluding carboxylic acids is 1. The number of nitrogens with one attached hydrogen (secondary N) is 1. The Morgan fingerprint density at radius 2 is 1.82 bits per heavy atom. The first-order valence-corrected chi connectivity index (χ1v) is 10.1. The van der Waals surface area contributed by atoms with Crippen LogP contribution in [0.2, 0.25) is 0 Å². The Balaban J connectivity index is 1.43. The fraction of sp³-hybridized carbons (Fsp3) is 0.545. The predicted molar refractivity (Wildman–Crippen MR) is 107 cm³/mol. The Labute approximate surface area is 166 Å². The van der Waals surface area contributed by atoms with Gasteiger partial charge in [-0.2, -0.15) is 0 Å². The van der Waals surface area contributed by atoms with Crippen LogP contribution in [0.1, 0.15) is 58.6 Å². The molecule has 0 aliphatic carbocycles. The summed E-state index contributed by atoms with van der Waals surface area (Å²) in [4.78, 5) is 15.3. The van der Waals surface area contributed by atoms with Crippen LogP contribution in [0, 0.1) is 20.8 Å². The SMILES string of the molecule is Cc1cc(C)cc(OCc2c(C(=O)NC3CC4CCC(C3)N4C)noc2C)c1. The molecule has 2 saturated heterocycles.